The minimum atomic E-state index is -4.87. The van der Waals surface area contributed by atoms with E-state index < -0.39 is 17.9 Å². The maximum Gasteiger partial charge on any atom is 0.573 e. The minimum Gasteiger partial charge on any atom is -0.405 e. The van der Waals surface area contributed by atoms with Crippen LogP contribution in [0, 0.1) is 5.82 Å². The van der Waals surface area contributed by atoms with E-state index >= 15 is 0 Å². The highest BCUT2D eigenvalue weighted by atomic mass is 35.5. The highest BCUT2D eigenvalue weighted by Crippen LogP contribution is 2.42. The third-order valence-corrected chi connectivity index (χ3v) is 3.44. The van der Waals surface area contributed by atoms with E-state index in [1.165, 1.54) is 18.2 Å². The molecule has 0 bridgehead atoms. The standard InChI is InChI=1S/C14H9ClF4N2O/c15-8-2-1-3-11(22-14(17,18)19)12(8)7-4-9(16)13-10(5-7)20-6-21-13/h1-5,20-21H,6H2. The van der Waals surface area contributed by atoms with E-state index in [1.807, 2.05) is 0 Å². The first-order valence-electron chi connectivity index (χ1n) is 6.21. The number of fused-ring (bicyclic) bond motifs is 1. The van der Waals surface area contributed by atoms with Crippen LogP contribution in [0.5, 0.6) is 5.75 Å². The number of rotatable bonds is 2. The molecule has 116 valence electrons. The fourth-order valence-electron chi connectivity index (χ4n) is 2.29. The van der Waals surface area contributed by atoms with Crippen molar-refractivity contribution < 1.29 is 22.3 Å². The molecule has 2 aromatic rings. The average Bonchev–Trinajstić information content (AvgIpc) is 2.85. The van der Waals surface area contributed by atoms with E-state index in [0.29, 0.717) is 12.4 Å². The molecule has 3 nitrogen and oxygen atoms in total. The van der Waals surface area contributed by atoms with E-state index in [9.17, 15) is 17.6 Å². The second-order valence-corrected chi connectivity index (χ2v) is 4.98. The number of hydrogen-bond acceptors (Lipinski definition) is 3. The molecule has 1 heterocycles. The lowest BCUT2D eigenvalue weighted by atomic mass is 10.0. The number of nitrogens with one attached hydrogen (secondary N) is 2. The molecule has 0 aliphatic carbocycles. The quantitative estimate of drug-likeness (QED) is 0.772. The Morgan fingerprint density at radius 1 is 1.14 bits per heavy atom. The predicted octanol–water partition coefficient (Wildman–Crippen LogP) is 4.84. The van der Waals surface area contributed by atoms with Gasteiger partial charge in [0.1, 0.15) is 11.6 Å². The lowest BCUT2D eigenvalue weighted by Crippen LogP contribution is -2.17. The highest BCUT2D eigenvalue weighted by Gasteiger charge is 2.33. The Bertz CT molecular complexity index is 734. The van der Waals surface area contributed by atoms with Crippen molar-refractivity contribution in [1.82, 2.24) is 0 Å². The second kappa shape index (κ2) is 5.24. The summed E-state index contributed by atoms with van der Waals surface area (Å²) in [5, 5.41) is 5.70. The van der Waals surface area contributed by atoms with Crippen LogP contribution in [0.2, 0.25) is 5.02 Å². The topological polar surface area (TPSA) is 33.3 Å². The zero-order chi connectivity index (χ0) is 15.9. The average molecular weight is 333 g/mol. The first-order chi connectivity index (χ1) is 10.3. The van der Waals surface area contributed by atoms with Crippen molar-refractivity contribution in [3.05, 3.63) is 41.2 Å². The number of ether oxygens (including phenoxy) is 1. The number of halogens is 5. The maximum atomic E-state index is 14.0. The van der Waals surface area contributed by atoms with Gasteiger partial charge in [-0.15, -0.1) is 13.2 Å². The number of anilines is 2. The van der Waals surface area contributed by atoms with Gasteiger partial charge in [0.2, 0.25) is 0 Å². The Labute approximate surface area is 127 Å². The van der Waals surface area contributed by atoms with Crippen molar-refractivity contribution >= 4 is 23.0 Å². The van der Waals surface area contributed by atoms with Gasteiger partial charge in [-0.05, 0) is 29.8 Å². The Balaban J connectivity index is 2.14. The number of hydrogen-bond donors (Lipinski definition) is 2. The maximum absolute atomic E-state index is 14.0. The third kappa shape index (κ3) is 2.76. The molecule has 2 aromatic carbocycles. The fraction of sp³-hybridized carbons (Fsp3) is 0.143. The van der Waals surface area contributed by atoms with Crippen LogP contribution in [0.1, 0.15) is 0 Å². The summed E-state index contributed by atoms with van der Waals surface area (Å²) in [5.74, 6) is -1.07. The molecule has 22 heavy (non-hydrogen) atoms. The van der Waals surface area contributed by atoms with Crippen LogP contribution in [-0.2, 0) is 0 Å². The molecule has 1 aliphatic heterocycles. The van der Waals surface area contributed by atoms with Crippen molar-refractivity contribution in [2.45, 2.75) is 6.36 Å². The van der Waals surface area contributed by atoms with E-state index in [-0.39, 0.29) is 21.8 Å². The lowest BCUT2D eigenvalue weighted by Gasteiger charge is -2.15. The molecule has 0 fully saturated rings. The van der Waals surface area contributed by atoms with Gasteiger partial charge in [-0.25, -0.2) is 4.39 Å². The number of benzene rings is 2. The molecular formula is C14H9ClF4N2O. The molecule has 8 heteroatoms. The first kappa shape index (κ1) is 14.8. The zero-order valence-corrected chi connectivity index (χ0v) is 11.6. The number of alkyl halides is 3. The molecule has 2 N–H and O–H groups in total. The largest absolute Gasteiger partial charge is 0.573 e. The molecule has 3 rings (SSSR count). The normalized spacial score (nSPS) is 13.3. The van der Waals surface area contributed by atoms with E-state index in [4.69, 9.17) is 11.6 Å². The van der Waals surface area contributed by atoms with Crippen LogP contribution in [-0.4, -0.2) is 13.0 Å². The Morgan fingerprint density at radius 2 is 1.91 bits per heavy atom. The predicted molar refractivity (Wildman–Crippen MR) is 75.6 cm³/mol. The summed E-state index contributed by atoms with van der Waals surface area (Å²) in [7, 11) is 0. The van der Waals surface area contributed by atoms with Gasteiger partial charge >= 0.3 is 6.36 Å². The van der Waals surface area contributed by atoms with Gasteiger partial charge < -0.3 is 15.4 Å². The summed E-state index contributed by atoms with van der Waals surface area (Å²) >= 11 is 5.99. The lowest BCUT2D eigenvalue weighted by molar-refractivity contribution is -0.274. The summed E-state index contributed by atoms with van der Waals surface area (Å²) < 4.78 is 55.5. The molecule has 0 amide bonds. The molecular weight excluding hydrogens is 324 g/mol. The third-order valence-electron chi connectivity index (χ3n) is 3.12. The van der Waals surface area contributed by atoms with Crippen LogP contribution in [0.25, 0.3) is 11.1 Å². The van der Waals surface area contributed by atoms with Gasteiger partial charge in [0, 0.05) is 5.56 Å². The van der Waals surface area contributed by atoms with Crippen molar-refractivity contribution in [2.24, 2.45) is 0 Å². The Hall–Kier alpha value is -2.15. The Morgan fingerprint density at radius 3 is 2.64 bits per heavy atom. The van der Waals surface area contributed by atoms with Crippen molar-refractivity contribution in [3.63, 3.8) is 0 Å². The molecule has 0 saturated carbocycles. The zero-order valence-electron chi connectivity index (χ0n) is 10.9. The highest BCUT2D eigenvalue weighted by molar-refractivity contribution is 6.33. The van der Waals surface area contributed by atoms with Crippen LogP contribution in [0.4, 0.5) is 28.9 Å². The van der Waals surface area contributed by atoms with Crippen LogP contribution in [0.15, 0.2) is 30.3 Å². The van der Waals surface area contributed by atoms with Crippen molar-refractivity contribution in [2.75, 3.05) is 17.3 Å². The van der Waals surface area contributed by atoms with E-state index in [2.05, 4.69) is 15.4 Å². The van der Waals surface area contributed by atoms with Gasteiger partial charge in [0.05, 0.1) is 23.1 Å². The molecule has 0 saturated heterocycles. The minimum absolute atomic E-state index is 0.0168. The van der Waals surface area contributed by atoms with Crippen LogP contribution in [0.3, 0.4) is 0 Å². The molecule has 0 aromatic heterocycles. The molecule has 0 radical (unpaired) electrons. The SMILES string of the molecule is Fc1cc(-c2c(Cl)cccc2OC(F)(F)F)cc2c1NCN2. The first-order valence-corrected chi connectivity index (χ1v) is 6.59. The smallest absolute Gasteiger partial charge is 0.405 e. The molecule has 0 spiro atoms. The molecule has 0 atom stereocenters. The second-order valence-electron chi connectivity index (χ2n) is 4.57. The summed E-state index contributed by atoms with van der Waals surface area (Å²) in [4.78, 5) is 0. The molecule has 1 aliphatic rings. The van der Waals surface area contributed by atoms with Gasteiger partial charge in [-0.2, -0.15) is 0 Å². The van der Waals surface area contributed by atoms with Crippen LogP contribution >= 0.6 is 11.6 Å². The van der Waals surface area contributed by atoms with E-state index in [0.717, 1.165) is 12.1 Å². The monoisotopic (exact) mass is 332 g/mol. The van der Waals surface area contributed by atoms with Crippen LogP contribution < -0.4 is 15.4 Å². The van der Waals surface area contributed by atoms with Crippen molar-refractivity contribution in [1.29, 1.82) is 0 Å². The summed E-state index contributed by atoms with van der Waals surface area (Å²) in [6, 6.07) is 6.50. The van der Waals surface area contributed by atoms with Gasteiger partial charge in [0.25, 0.3) is 0 Å². The van der Waals surface area contributed by atoms with Gasteiger partial charge in [-0.1, -0.05) is 17.7 Å². The Kier molecular flexibility index (Phi) is 3.52. The van der Waals surface area contributed by atoms with E-state index in [1.54, 1.807) is 0 Å². The summed E-state index contributed by atoms with van der Waals surface area (Å²) in [6.45, 7) is 0.337. The van der Waals surface area contributed by atoms with Crippen molar-refractivity contribution in [3.8, 4) is 16.9 Å². The van der Waals surface area contributed by atoms with Gasteiger partial charge in [0.15, 0.2) is 0 Å². The molecule has 0 unspecified atom stereocenters. The summed E-state index contributed by atoms with van der Waals surface area (Å²) in [5.41, 5.74) is 0.899. The fourth-order valence-corrected chi connectivity index (χ4v) is 2.57. The summed E-state index contributed by atoms with van der Waals surface area (Å²) in [6.07, 6.45) is -4.87. The van der Waals surface area contributed by atoms with Gasteiger partial charge in [-0.3, -0.25) is 0 Å².